The Morgan fingerprint density at radius 2 is 1.90 bits per heavy atom. The van der Waals surface area contributed by atoms with E-state index in [2.05, 4.69) is 16.3 Å². The number of hydrogen-bond donors (Lipinski definition) is 1. The maximum absolute atomic E-state index is 12.8. The average molecular weight is 442 g/mol. The van der Waals surface area contributed by atoms with E-state index in [1.54, 1.807) is 32.7 Å². The van der Waals surface area contributed by atoms with Crippen molar-refractivity contribution in [2.24, 2.45) is 0 Å². The van der Waals surface area contributed by atoms with Crippen molar-refractivity contribution in [1.82, 2.24) is 10.3 Å². The Hall–Kier alpha value is -3.00. The number of nitrogens with zero attached hydrogens (tertiary/aromatic N) is 2. The van der Waals surface area contributed by atoms with E-state index in [4.69, 9.17) is 19.2 Å². The first-order valence-electron chi connectivity index (χ1n) is 10.3. The van der Waals surface area contributed by atoms with Crippen LogP contribution in [0.1, 0.15) is 18.4 Å². The number of para-hydroxylation sites is 1. The summed E-state index contributed by atoms with van der Waals surface area (Å²) in [6.45, 7) is 1.72. The Labute approximate surface area is 185 Å². The number of amides is 1. The topological polar surface area (TPSA) is 72.9 Å². The normalized spacial score (nSPS) is 16.2. The molecule has 0 radical (unpaired) electrons. The summed E-state index contributed by atoms with van der Waals surface area (Å²) in [6, 6.07) is 11.9. The number of hydrogen-bond acceptors (Lipinski definition) is 7. The van der Waals surface area contributed by atoms with Crippen molar-refractivity contribution in [2.45, 2.75) is 25.3 Å². The van der Waals surface area contributed by atoms with Gasteiger partial charge in [-0.2, -0.15) is 0 Å². The number of anilines is 1. The van der Waals surface area contributed by atoms with Gasteiger partial charge < -0.3 is 24.4 Å². The standard InChI is InChI=1S/C23H27N3O4S/c1-28-18-11-15(12-19(29-2)22(18)30-3)13-21(27)24-16-7-6-10-26(14-16)23-25-17-8-4-5-9-20(17)31-23/h4-5,8-9,11-12,16H,6-7,10,13-14H2,1-3H3,(H,24,27). The molecular weight excluding hydrogens is 414 g/mol. The van der Waals surface area contributed by atoms with Crippen LogP contribution in [-0.2, 0) is 11.2 Å². The molecule has 0 aliphatic carbocycles. The third-order valence-electron chi connectivity index (χ3n) is 5.43. The van der Waals surface area contributed by atoms with Gasteiger partial charge in [0.25, 0.3) is 0 Å². The molecule has 4 rings (SSSR count). The van der Waals surface area contributed by atoms with Crippen LogP contribution in [0.15, 0.2) is 36.4 Å². The lowest BCUT2D eigenvalue weighted by molar-refractivity contribution is -0.121. The molecule has 1 fully saturated rings. The minimum Gasteiger partial charge on any atom is -0.493 e. The summed E-state index contributed by atoms with van der Waals surface area (Å²) >= 11 is 1.70. The zero-order valence-corrected chi connectivity index (χ0v) is 18.8. The Kier molecular flexibility index (Phi) is 6.46. The quantitative estimate of drug-likeness (QED) is 0.603. The predicted octanol–water partition coefficient (Wildman–Crippen LogP) is 3.65. The van der Waals surface area contributed by atoms with Crippen molar-refractivity contribution in [3.8, 4) is 17.2 Å². The molecule has 2 heterocycles. The second-order valence-electron chi connectivity index (χ2n) is 7.53. The van der Waals surface area contributed by atoms with Crippen LogP contribution >= 0.6 is 11.3 Å². The summed E-state index contributed by atoms with van der Waals surface area (Å²) in [6.07, 6.45) is 2.22. The lowest BCUT2D eigenvalue weighted by Gasteiger charge is -2.33. The summed E-state index contributed by atoms with van der Waals surface area (Å²) < 4.78 is 17.3. The fourth-order valence-electron chi connectivity index (χ4n) is 3.97. The van der Waals surface area contributed by atoms with Gasteiger partial charge in [0.2, 0.25) is 11.7 Å². The molecule has 1 aliphatic heterocycles. The molecule has 31 heavy (non-hydrogen) atoms. The zero-order valence-electron chi connectivity index (χ0n) is 18.0. The summed E-state index contributed by atoms with van der Waals surface area (Å²) in [4.78, 5) is 19.8. The largest absolute Gasteiger partial charge is 0.493 e. The number of methoxy groups -OCH3 is 3. The highest BCUT2D eigenvalue weighted by molar-refractivity contribution is 7.22. The van der Waals surface area contributed by atoms with Gasteiger partial charge in [-0.15, -0.1) is 0 Å². The average Bonchev–Trinajstić information content (AvgIpc) is 3.23. The first kappa shape index (κ1) is 21.2. The van der Waals surface area contributed by atoms with Crippen LogP contribution in [0, 0.1) is 0 Å². The molecule has 1 saturated heterocycles. The molecule has 1 N–H and O–H groups in total. The molecule has 1 aliphatic rings. The highest BCUT2D eigenvalue weighted by Gasteiger charge is 2.24. The summed E-state index contributed by atoms with van der Waals surface area (Å²) in [5, 5.41) is 4.21. The van der Waals surface area contributed by atoms with E-state index in [0.717, 1.165) is 42.1 Å². The van der Waals surface area contributed by atoms with Crippen molar-refractivity contribution in [3.05, 3.63) is 42.0 Å². The number of nitrogens with one attached hydrogen (secondary N) is 1. The van der Waals surface area contributed by atoms with Crippen molar-refractivity contribution in [3.63, 3.8) is 0 Å². The third kappa shape index (κ3) is 4.69. The number of carbonyl (C=O) groups is 1. The van der Waals surface area contributed by atoms with E-state index < -0.39 is 0 Å². The van der Waals surface area contributed by atoms with Gasteiger partial charge in [0, 0.05) is 19.1 Å². The Bertz CT molecular complexity index is 1010. The second kappa shape index (κ2) is 9.43. The number of piperidine rings is 1. The Morgan fingerprint density at radius 1 is 1.16 bits per heavy atom. The van der Waals surface area contributed by atoms with Gasteiger partial charge in [-0.25, -0.2) is 4.98 Å². The first-order chi connectivity index (χ1) is 15.1. The van der Waals surface area contributed by atoms with Crippen molar-refractivity contribution in [1.29, 1.82) is 0 Å². The smallest absolute Gasteiger partial charge is 0.224 e. The highest BCUT2D eigenvalue weighted by Crippen LogP contribution is 2.38. The van der Waals surface area contributed by atoms with Gasteiger partial charge in [-0.1, -0.05) is 23.5 Å². The molecule has 1 unspecified atom stereocenters. The lowest BCUT2D eigenvalue weighted by atomic mass is 10.0. The Morgan fingerprint density at radius 3 is 2.58 bits per heavy atom. The third-order valence-corrected chi connectivity index (χ3v) is 6.53. The summed E-state index contributed by atoms with van der Waals surface area (Å²) in [7, 11) is 4.70. The second-order valence-corrected chi connectivity index (χ2v) is 8.54. The van der Waals surface area contributed by atoms with E-state index in [-0.39, 0.29) is 18.4 Å². The number of carbonyl (C=O) groups excluding carboxylic acids is 1. The van der Waals surface area contributed by atoms with E-state index in [1.807, 2.05) is 30.3 Å². The van der Waals surface area contributed by atoms with Crippen molar-refractivity contribution in [2.75, 3.05) is 39.3 Å². The number of rotatable bonds is 7. The molecule has 7 nitrogen and oxygen atoms in total. The Balaban J connectivity index is 1.41. The number of ether oxygens (including phenoxy) is 3. The number of aromatic nitrogens is 1. The SMILES string of the molecule is COc1cc(CC(=O)NC2CCCN(c3nc4ccccc4s3)C2)cc(OC)c1OC. The fourth-order valence-corrected chi connectivity index (χ4v) is 4.97. The molecular formula is C23H27N3O4S. The molecule has 0 spiro atoms. The van der Waals surface area contributed by atoms with Gasteiger partial charge in [0.15, 0.2) is 16.6 Å². The van der Waals surface area contributed by atoms with E-state index in [0.29, 0.717) is 17.2 Å². The predicted molar refractivity (Wildman–Crippen MR) is 123 cm³/mol. The van der Waals surface area contributed by atoms with Crippen molar-refractivity contribution >= 4 is 32.6 Å². The summed E-state index contributed by atoms with van der Waals surface area (Å²) in [5.74, 6) is 1.59. The maximum Gasteiger partial charge on any atom is 0.224 e. The molecule has 0 saturated carbocycles. The molecule has 3 aromatic rings. The van der Waals surface area contributed by atoms with Gasteiger partial charge in [0.05, 0.1) is 38.0 Å². The molecule has 2 aromatic carbocycles. The number of thiazole rings is 1. The fraction of sp³-hybridized carbons (Fsp3) is 0.391. The van der Waals surface area contributed by atoms with Gasteiger partial charge in [-0.05, 0) is 42.7 Å². The van der Waals surface area contributed by atoms with Crippen LogP contribution < -0.4 is 24.4 Å². The molecule has 8 heteroatoms. The first-order valence-corrected chi connectivity index (χ1v) is 11.1. The van der Waals surface area contributed by atoms with Crippen LogP contribution in [0.25, 0.3) is 10.2 Å². The minimum atomic E-state index is -0.0228. The van der Waals surface area contributed by atoms with Gasteiger partial charge >= 0.3 is 0 Å². The van der Waals surface area contributed by atoms with Crippen LogP contribution in [0.2, 0.25) is 0 Å². The number of fused-ring (bicyclic) bond motifs is 1. The maximum atomic E-state index is 12.8. The summed E-state index contributed by atoms with van der Waals surface area (Å²) in [5.41, 5.74) is 1.84. The van der Waals surface area contributed by atoms with E-state index in [1.165, 1.54) is 4.70 Å². The van der Waals surface area contributed by atoms with E-state index >= 15 is 0 Å². The van der Waals surface area contributed by atoms with Gasteiger partial charge in [0.1, 0.15) is 0 Å². The van der Waals surface area contributed by atoms with Crippen LogP contribution in [0.5, 0.6) is 17.2 Å². The molecule has 1 atom stereocenters. The van der Waals surface area contributed by atoms with Crippen LogP contribution in [0.3, 0.4) is 0 Å². The van der Waals surface area contributed by atoms with E-state index in [9.17, 15) is 4.79 Å². The number of benzene rings is 2. The lowest BCUT2D eigenvalue weighted by Crippen LogP contribution is -2.48. The molecule has 1 aromatic heterocycles. The van der Waals surface area contributed by atoms with Crippen LogP contribution in [-0.4, -0.2) is 51.4 Å². The van der Waals surface area contributed by atoms with Crippen LogP contribution in [0.4, 0.5) is 5.13 Å². The molecule has 0 bridgehead atoms. The highest BCUT2D eigenvalue weighted by atomic mass is 32.1. The molecule has 164 valence electrons. The minimum absolute atomic E-state index is 0.0228. The zero-order chi connectivity index (χ0) is 21.8. The van der Waals surface area contributed by atoms with Gasteiger partial charge in [-0.3, -0.25) is 4.79 Å². The monoisotopic (exact) mass is 441 g/mol. The molecule has 1 amide bonds. The van der Waals surface area contributed by atoms with Crippen molar-refractivity contribution < 1.29 is 19.0 Å².